The van der Waals surface area contributed by atoms with E-state index in [1.807, 2.05) is 6.92 Å². The Morgan fingerprint density at radius 2 is 2.00 bits per heavy atom. The molecule has 1 aromatic rings. The van der Waals surface area contributed by atoms with Crippen LogP contribution in [0.3, 0.4) is 0 Å². The Bertz CT molecular complexity index is 414. The highest BCUT2D eigenvalue weighted by molar-refractivity contribution is 5.37. The second-order valence-electron chi connectivity index (χ2n) is 5.41. The molecule has 106 valence electrons. The molecule has 0 aromatic heterocycles. The van der Waals surface area contributed by atoms with E-state index >= 15 is 0 Å². The molecule has 0 amide bonds. The van der Waals surface area contributed by atoms with E-state index in [4.69, 9.17) is 9.47 Å². The lowest BCUT2D eigenvalue weighted by atomic mass is 9.88. The summed E-state index contributed by atoms with van der Waals surface area (Å²) in [6.45, 7) is 9.40. The van der Waals surface area contributed by atoms with E-state index in [1.165, 1.54) is 17.5 Å². The minimum absolute atomic E-state index is 0.487. The number of aryl methyl sites for hydroxylation is 1. The first-order chi connectivity index (χ1) is 9.19. The van der Waals surface area contributed by atoms with Gasteiger partial charge in [-0.05, 0) is 62.3 Å². The van der Waals surface area contributed by atoms with Crippen LogP contribution in [0.1, 0.15) is 57.1 Å². The summed E-state index contributed by atoms with van der Waals surface area (Å²) < 4.78 is 11.3. The first-order valence-corrected chi connectivity index (χ1v) is 7.58. The zero-order valence-electron chi connectivity index (χ0n) is 12.6. The Morgan fingerprint density at radius 3 is 2.53 bits per heavy atom. The molecule has 2 rings (SSSR count). The number of hydrogen-bond donors (Lipinski definition) is 0. The molecule has 1 aliphatic rings. The molecule has 1 saturated heterocycles. The van der Waals surface area contributed by atoms with Gasteiger partial charge in [-0.1, -0.05) is 19.9 Å². The van der Waals surface area contributed by atoms with Crippen molar-refractivity contribution in [1.29, 1.82) is 0 Å². The number of ether oxygens (including phenoxy) is 2. The van der Waals surface area contributed by atoms with E-state index in [2.05, 4.69) is 39.0 Å². The highest BCUT2D eigenvalue weighted by atomic mass is 16.6. The summed E-state index contributed by atoms with van der Waals surface area (Å²) in [6.07, 6.45) is 4.47. The first-order valence-electron chi connectivity index (χ1n) is 7.58. The van der Waals surface area contributed by atoms with Gasteiger partial charge >= 0.3 is 0 Å². The average molecular weight is 262 g/mol. The van der Waals surface area contributed by atoms with Crippen molar-refractivity contribution in [2.45, 2.75) is 65.1 Å². The van der Waals surface area contributed by atoms with Gasteiger partial charge in [0.15, 0.2) is 0 Å². The van der Waals surface area contributed by atoms with Crippen molar-refractivity contribution < 1.29 is 9.47 Å². The zero-order chi connectivity index (χ0) is 13.8. The van der Waals surface area contributed by atoms with Gasteiger partial charge in [0.2, 0.25) is 0 Å². The van der Waals surface area contributed by atoms with E-state index in [0.717, 1.165) is 25.2 Å². The molecule has 0 radical (unpaired) electrons. The lowest BCUT2D eigenvalue weighted by Crippen LogP contribution is -2.06. The van der Waals surface area contributed by atoms with Crippen LogP contribution in [-0.2, 0) is 4.74 Å². The summed E-state index contributed by atoms with van der Waals surface area (Å²) in [6, 6.07) is 6.49. The smallest absolute Gasteiger partial charge is 0.119 e. The van der Waals surface area contributed by atoms with Crippen molar-refractivity contribution in [2.24, 2.45) is 0 Å². The van der Waals surface area contributed by atoms with Crippen LogP contribution < -0.4 is 4.74 Å². The molecular weight excluding hydrogens is 236 g/mol. The quantitative estimate of drug-likeness (QED) is 0.677. The van der Waals surface area contributed by atoms with Crippen molar-refractivity contribution in [3.8, 4) is 5.75 Å². The molecule has 0 aliphatic carbocycles. The number of hydrogen-bond acceptors (Lipinski definition) is 2. The lowest BCUT2D eigenvalue weighted by molar-refractivity contribution is 0.339. The fraction of sp³-hybridized carbons (Fsp3) is 0.647. The third-order valence-electron chi connectivity index (χ3n) is 4.09. The van der Waals surface area contributed by atoms with Crippen LogP contribution >= 0.6 is 0 Å². The SMILES string of the molecule is CCOc1ccc(C(CC)CC2OC2CC)c(C)c1. The van der Waals surface area contributed by atoms with Crippen LogP contribution in [0.25, 0.3) is 0 Å². The number of benzene rings is 1. The average Bonchev–Trinajstić information content (AvgIpc) is 3.15. The summed E-state index contributed by atoms with van der Waals surface area (Å²) in [4.78, 5) is 0. The highest BCUT2D eigenvalue weighted by Gasteiger charge is 2.38. The van der Waals surface area contributed by atoms with Crippen LogP contribution in [0.15, 0.2) is 18.2 Å². The van der Waals surface area contributed by atoms with Crippen molar-refractivity contribution in [3.63, 3.8) is 0 Å². The molecule has 3 unspecified atom stereocenters. The van der Waals surface area contributed by atoms with Gasteiger partial charge in [-0.2, -0.15) is 0 Å². The van der Waals surface area contributed by atoms with Crippen molar-refractivity contribution in [2.75, 3.05) is 6.61 Å². The first kappa shape index (κ1) is 14.4. The van der Waals surface area contributed by atoms with Gasteiger partial charge in [0, 0.05) is 0 Å². The molecule has 0 bridgehead atoms. The van der Waals surface area contributed by atoms with Gasteiger partial charge in [-0.15, -0.1) is 0 Å². The predicted octanol–water partition coefficient (Wildman–Crippen LogP) is 4.45. The maximum Gasteiger partial charge on any atom is 0.119 e. The Balaban J connectivity index is 2.05. The van der Waals surface area contributed by atoms with E-state index in [9.17, 15) is 0 Å². The van der Waals surface area contributed by atoms with E-state index in [1.54, 1.807) is 0 Å². The number of rotatable bonds is 7. The fourth-order valence-corrected chi connectivity index (χ4v) is 2.90. The Kier molecular flexibility index (Phi) is 4.87. The van der Waals surface area contributed by atoms with E-state index in [0.29, 0.717) is 18.1 Å². The maximum atomic E-state index is 5.70. The monoisotopic (exact) mass is 262 g/mol. The van der Waals surface area contributed by atoms with E-state index < -0.39 is 0 Å². The molecule has 2 heteroatoms. The Hall–Kier alpha value is -1.02. The maximum absolute atomic E-state index is 5.70. The van der Waals surface area contributed by atoms with Gasteiger partial charge in [-0.3, -0.25) is 0 Å². The predicted molar refractivity (Wildman–Crippen MR) is 78.9 cm³/mol. The lowest BCUT2D eigenvalue weighted by Gasteiger charge is -2.18. The molecule has 3 atom stereocenters. The Morgan fingerprint density at radius 1 is 1.21 bits per heavy atom. The van der Waals surface area contributed by atoms with Crippen molar-refractivity contribution >= 4 is 0 Å². The van der Waals surface area contributed by atoms with Crippen LogP contribution in [0, 0.1) is 6.92 Å². The molecule has 1 fully saturated rings. The molecule has 19 heavy (non-hydrogen) atoms. The molecule has 1 aliphatic heterocycles. The summed E-state index contributed by atoms with van der Waals surface area (Å²) in [5.74, 6) is 1.59. The van der Waals surface area contributed by atoms with E-state index in [-0.39, 0.29) is 0 Å². The summed E-state index contributed by atoms with van der Waals surface area (Å²) in [5.41, 5.74) is 2.79. The molecule has 1 heterocycles. The second kappa shape index (κ2) is 6.42. The van der Waals surface area contributed by atoms with Gasteiger partial charge in [0.1, 0.15) is 5.75 Å². The second-order valence-corrected chi connectivity index (χ2v) is 5.41. The molecular formula is C17H26O2. The summed E-state index contributed by atoms with van der Waals surface area (Å²) in [5, 5.41) is 0. The van der Waals surface area contributed by atoms with Gasteiger partial charge in [0.25, 0.3) is 0 Å². The topological polar surface area (TPSA) is 21.8 Å². The van der Waals surface area contributed by atoms with Crippen LogP contribution in [0.4, 0.5) is 0 Å². The zero-order valence-corrected chi connectivity index (χ0v) is 12.6. The van der Waals surface area contributed by atoms with Gasteiger partial charge in [0.05, 0.1) is 18.8 Å². The van der Waals surface area contributed by atoms with Crippen molar-refractivity contribution in [1.82, 2.24) is 0 Å². The molecule has 0 N–H and O–H groups in total. The minimum atomic E-state index is 0.487. The highest BCUT2D eigenvalue weighted by Crippen LogP contribution is 2.37. The summed E-state index contributed by atoms with van der Waals surface area (Å²) in [7, 11) is 0. The minimum Gasteiger partial charge on any atom is -0.494 e. The normalized spacial score (nSPS) is 23.2. The summed E-state index contributed by atoms with van der Waals surface area (Å²) >= 11 is 0. The van der Waals surface area contributed by atoms with Crippen LogP contribution in [-0.4, -0.2) is 18.8 Å². The fourth-order valence-electron chi connectivity index (χ4n) is 2.90. The molecule has 0 spiro atoms. The molecule has 2 nitrogen and oxygen atoms in total. The van der Waals surface area contributed by atoms with Crippen molar-refractivity contribution in [3.05, 3.63) is 29.3 Å². The third kappa shape index (κ3) is 3.50. The molecule has 0 saturated carbocycles. The largest absolute Gasteiger partial charge is 0.494 e. The third-order valence-corrected chi connectivity index (χ3v) is 4.09. The van der Waals surface area contributed by atoms with Gasteiger partial charge < -0.3 is 9.47 Å². The van der Waals surface area contributed by atoms with Gasteiger partial charge in [-0.25, -0.2) is 0 Å². The standard InChI is InChI=1S/C17H26O2/c1-5-13(11-17-16(6-2)19-17)15-9-8-14(18-7-3)10-12(15)4/h8-10,13,16-17H,5-7,11H2,1-4H3. The van der Waals surface area contributed by atoms with Crippen LogP contribution in [0.5, 0.6) is 5.75 Å². The molecule has 1 aromatic carbocycles. The Labute approximate surface area is 117 Å². The number of epoxide rings is 1. The van der Waals surface area contributed by atoms with Crippen LogP contribution in [0.2, 0.25) is 0 Å².